The highest BCUT2D eigenvalue weighted by Gasteiger charge is 2.13. The lowest BCUT2D eigenvalue weighted by Gasteiger charge is -2.12. The number of nitrogens with one attached hydrogen (secondary N) is 2. The number of carbonyl (C=O) groups excluding carboxylic acids is 2. The molecule has 1 heterocycles. The number of pyridine rings is 1. The summed E-state index contributed by atoms with van der Waals surface area (Å²) in [6, 6.07) is 16.2. The average molecular weight is 347 g/mol. The van der Waals surface area contributed by atoms with Gasteiger partial charge >= 0.3 is 0 Å². The highest BCUT2D eigenvalue weighted by Crippen LogP contribution is 2.21. The molecule has 0 aliphatic rings. The zero-order valence-electron chi connectivity index (χ0n) is 14.8. The third-order valence-corrected chi connectivity index (χ3v) is 4.26. The van der Waals surface area contributed by atoms with E-state index in [2.05, 4.69) is 15.6 Å². The SMILES string of the molecule is CCC(C)NC(=O)c1cccc(C(=O)Nc2cccc3cccnc23)c1. The Bertz CT molecular complexity index is 947. The Labute approximate surface area is 152 Å². The summed E-state index contributed by atoms with van der Waals surface area (Å²) >= 11 is 0. The molecule has 1 aromatic heterocycles. The number of aromatic nitrogens is 1. The molecule has 1 unspecified atom stereocenters. The molecule has 2 N–H and O–H groups in total. The number of hydrogen-bond acceptors (Lipinski definition) is 3. The molecule has 5 nitrogen and oxygen atoms in total. The summed E-state index contributed by atoms with van der Waals surface area (Å²) < 4.78 is 0. The minimum atomic E-state index is -0.277. The fraction of sp³-hybridized carbons (Fsp3) is 0.190. The highest BCUT2D eigenvalue weighted by atomic mass is 16.2. The molecule has 0 bridgehead atoms. The van der Waals surface area contributed by atoms with Crippen LogP contribution in [0.25, 0.3) is 10.9 Å². The van der Waals surface area contributed by atoms with Crippen LogP contribution in [-0.2, 0) is 0 Å². The molecule has 2 aromatic carbocycles. The minimum absolute atomic E-state index is 0.0849. The first kappa shape index (κ1) is 17.6. The third-order valence-electron chi connectivity index (χ3n) is 4.26. The zero-order chi connectivity index (χ0) is 18.5. The van der Waals surface area contributed by atoms with Gasteiger partial charge in [0, 0.05) is 28.8 Å². The van der Waals surface area contributed by atoms with E-state index in [1.54, 1.807) is 30.5 Å². The van der Waals surface area contributed by atoms with Gasteiger partial charge in [0.2, 0.25) is 0 Å². The van der Waals surface area contributed by atoms with E-state index in [9.17, 15) is 9.59 Å². The molecule has 0 spiro atoms. The van der Waals surface area contributed by atoms with Crippen LogP contribution in [0.2, 0.25) is 0 Å². The number of fused-ring (bicyclic) bond motifs is 1. The molecule has 26 heavy (non-hydrogen) atoms. The lowest BCUT2D eigenvalue weighted by molar-refractivity contribution is 0.0939. The van der Waals surface area contributed by atoms with Crippen molar-refractivity contribution in [1.82, 2.24) is 10.3 Å². The van der Waals surface area contributed by atoms with Crippen molar-refractivity contribution in [2.75, 3.05) is 5.32 Å². The summed E-state index contributed by atoms with van der Waals surface area (Å²) in [5, 5.41) is 6.74. The quantitative estimate of drug-likeness (QED) is 0.732. The second kappa shape index (κ2) is 7.78. The lowest BCUT2D eigenvalue weighted by Crippen LogP contribution is -2.32. The smallest absolute Gasteiger partial charge is 0.255 e. The molecular weight excluding hydrogens is 326 g/mol. The fourth-order valence-electron chi connectivity index (χ4n) is 2.61. The van der Waals surface area contributed by atoms with E-state index < -0.39 is 0 Å². The second-order valence-electron chi connectivity index (χ2n) is 6.20. The molecule has 0 fully saturated rings. The van der Waals surface area contributed by atoms with E-state index in [-0.39, 0.29) is 17.9 Å². The first-order valence-electron chi connectivity index (χ1n) is 8.64. The number of nitrogens with zero attached hydrogens (tertiary/aromatic N) is 1. The van der Waals surface area contributed by atoms with Crippen LogP contribution in [0, 0.1) is 0 Å². The molecule has 2 amide bonds. The van der Waals surface area contributed by atoms with Gasteiger partial charge in [0.25, 0.3) is 11.8 Å². The van der Waals surface area contributed by atoms with Crippen molar-refractivity contribution in [1.29, 1.82) is 0 Å². The molecular formula is C21H21N3O2. The predicted octanol–water partition coefficient (Wildman–Crippen LogP) is 4.02. The Morgan fingerprint density at radius 2 is 1.69 bits per heavy atom. The van der Waals surface area contributed by atoms with E-state index in [1.807, 2.05) is 44.2 Å². The Balaban J connectivity index is 1.82. The molecule has 3 rings (SSSR count). The maximum absolute atomic E-state index is 12.6. The van der Waals surface area contributed by atoms with E-state index >= 15 is 0 Å². The zero-order valence-corrected chi connectivity index (χ0v) is 14.8. The van der Waals surface area contributed by atoms with Crippen molar-refractivity contribution in [2.45, 2.75) is 26.3 Å². The lowest BCUT2D eigenvalue weighted by atomic mass is 10.1. The number of amides is 2. The van der Waals surface area contributed by atoms with E-state index in [1.165, 1.54) is 0 Å². The van der Waals surface area contributed by atoms with Gasteiger partial charge in [-0.2, -0.15) is 0 Å². The Hall–Kier alpha value is -3.21. The molecule has 1 atom stereocenters. The number of anilines is 1. The van der Waals surface area contributed by atoms with Crippen LogP contribution < -0.4 is 10.6 Å². The van der Waals surface area contributed by atoms with Gasteiger partial charge in [-0.3, -0.25) is 14.6 Å². The molecule has 0 aliphatic heterocycles. The largest absolute Gasteiger partial charge is 0.350 e. The van der Waals surface area contributed by atoms with E-state index in [4.69, 9.17) is 0 Å². The Morgan fingerprint density at radius 1 is 1.00 bits per heavy atom. The monoisotopic (exact) mass is 347 g/mol. The van der Waals surface area contributed by atoms with Crippen molar-refractivity contribution in [3.8, 4) is 0 Å². The Morgan fingerprint density at radius 3 is 2.46 bits per heavy atom. The third kappa shape index (κ3) is 3.88. The van der Waals surface area contributed by atoms with Crippen LogP contribution in [0.4, 0.5) is 5.69 Å². The topological polar surface area (TPSA) is 71.1 Å². The first-order chi connectivity index (χ1) is 12.6. The summed E-state index contributed by atoms with van der Waals surface area (Å²) in [6.07, 6.45) is 2.54. The minimum Gasteiger partial charge on any atom is -0.350 e. The maximum atomic E-state index is 12.6. The predicted molar refractivity (Wildman–Crippen MR) is 103 cm³/mol. The summed E-state index contributed by atoms with van der Waals surface area (Å²) in [5.41, 5.74) is 2.26. The molecule has 3 aromatic rings. The Kier molecular flexibility index (Phi) is 5.27. The van der Waals surface area contributed by atoms with Crippen molar-refractivity contribution in [3.63, 3.8) is 0 Å². The fourth-order valence-corrected chi connectivity index (χ4v) is 2.61. The van der Waals surface area contributed by atoms with Gasteiger partial charge in [-0.25, -0.2) is 0 Å². The average Bonchev–Trinajstić information content (AvgIpc) is 2.68. The van der Waals surface area contributed by atoms with Crippen molar-refractivity contribution in [2.24, 2.45) is 0 Å². The van der Waals surface area contributed by atoms with E-state index in [0.29, 0.717) is 16.8 Å². The van der Waals surface area contributed by atoms with Crippen LogP contribution in [0.1, 0.15) is 41.0 Å². The van der Waals surface area contributed by atoms with Gasteiger partial charge < -0.3 is 10.6 Å². The van der Waals surface area contributed by atoms with Crippen LogP contribution in [0.3, 0.4) is 0 Å². The van der Waals surface area contributed by atoms with Crippen LogP contribution in [0.15, 0.2) is 60.8 Å². The maximum Gasteiger partial charge on any atom is 0.255 e. The molecule has 0 aliphatic carbocycles. The van der Waals surface area contributed by atoms with E-state index in [0.717, 1.165) is 17.3 Å². The highest BCUT2D eigenvalue weighted by molar-refractivity contribution is 6.09. The summed E-state index contributed by atoms with van der Waals surface area (Å²) in [4.78, 5) is 29.2. The van der Waals surface area contributed by atoms with Crippen molar-refractivity contribution in [3.05, 3.63) is 71.9 Å². The standard InChI is InChI=1S/C21H21N3O2/c1-3-14(2)23-20(25)16-8-4-9-17(13-16)21(26)24-18-11-5-7-15-10-6-12-22-19(15)18/h4-14H,3H2,1-2H3,(H,23,25)(H,24,26). The van der Waals surface area contributed by atoms with Gasteiger partial charge in [0.05, 0.1) is 11.2 Å². The van der Waals surface area contributed by atoms with Gasteiger partial charge in [-0.15, -0.1) is 0 Å². The number of benzene rings is 2. The summed E-state index contributed by atoms with van der Waals surface area (Å²) in [6.45, 7) is 3.95. The van der Waals surface area contributed by atoms with Crippen molar-refractivity contribution < 1.29 is 9.59 Å². The molecule has 132 valence electrons. The summed E-state index contributed by atoms with van der Waals surface area (Å²) in [5.74, 6) is -0.456. The van der Waals surface area contributed by atoms with Gasteiger partial charge in [-0.05, 0) is 43.7 Å². The normalized spacial score (nSPS) is 11.8. The van der Waals surface area contributed by atoms with Gasteiger partial charge in [-0.1, -0.05) is 31.2 Å². The molecule has 5 heteroatoms. The first-order valence-corrected chi connectivity index (χ1v) is 8.64. The number of hydrogen-bond donors (Lipinski definition) is 2. The number of rotatable bonds is 5. The number of carbonyl (C=O) groups is 2. The molecule has 0 saturated carbocycles. The summed E-state index contributed by atoms with van der Waals surface area (Å²) in [7, 11) is 0. The van der Waals surface area contributed by atoms with Gasteiger partial charge in [0.1, 0.15) is 0 Å². The van der Waals surface area contributed by atoms with Crippen LogP contribution >= 0.6 is 0 Å². The molecule has 0 radical (unpaired) electrons. The van der Waals surface area contributed by atoms with Crippen molar-refractivity contribution >= 4 is 28.4 Å². The van der Waals surface area contributed by atoms with Crippen LogP contribution in [0.5, 0.6) is 0 Å². The van der Waals surface area contributed by atoms with Crippen LogP contribution in [-0.4, -0.2) is 22.8 Å². The molecule has 0 saturated heterocycles. The second-order valence-corrected chi connectivity index (χ2v) is 6.20. The van der Waals surface area contributed by atoms with Gasteiger partial charge in [0.15, 0.2) is 0 Å². The number of para-hydroxylation sites is 1.